The number of carbonyl (C=O) groups excluding carboxylic acids is 2. The Morgan fingerprint density at radius 2 is 1.67 bits per heavy atom. The van der Waals surface area contributed by atoms with Crippen molar-refractivity contribution in [2.24, 2.45) is 5.10 Å². The SMILES string of the molecule is CCOc1cc(/C=N/NC(=O)Cc2ccccc2)cc(Br)c1OCC(=O)Nc1cc(C)c(C)cc1Br. The lowest BCUT2D eigenvalue weighted by molar-refractivity contribution is -0.120. The summed E-state index contributed by atoms with van der Waals surface area (Å²) in [4.78, 5) is 24.7. The minimum atomic E-state index is -0.305. The lowest BCUT2D eigenvalue weighted by Gasteiger charge is -2.15. The first-order valence-electron chi connectivity index (χ1n) is 11.3. The van der Waals surface area contributed by atoms with E-state index in [1.165, 1.54) is 6.21 Å². The van der Waals surface area contributed by atoms with Gasteiger partial charge in [-0.1, -0.05) is 30.3 Å². The van der Waals surface area contributed by atoms with E-state index in [1.54, 1.807) is 12.1 Å². The van der Waals surface area contributed by atoms with Crippen LogP contribution in [0.5, 0.6) is 11.5 Å². The number of nitrogens with zero attached hydrogens (tertiary/aromatic N) is 1. The van der Waals surface area contributed by atoms with Gasteiger partial charge in [0.2, 0.25) is 5.91 Å². The van der Waals surface area contributed by atoms with E-state index in [0.29, 0.717) is 33.8 Å². The van der Waals surface area contributed by atoms with Gasteiger partial charge in [0, 0.05) is 4.47 Å². The van der Waals surface area contributed by atoms with Gasteiger partial charge in [0.1, 0.15) is 0 Å². The number of rotatable bonds is 10. The summed E-state index contributed by atoms with van der Waals surface area (Å²) in [7, 11) is 0. The molecule has 3 aromatic carbocycles. The summed E-state index contributed by atoms with van der Waals surface area (Å²) < 4.78 is 12.9. The molecule has 0 spiro atoms. The fraction of sp³-hybridized carbons (Fsp3) is 0.222. The van der Waals surface area contributed by atoms with Crippen LogP contribution in [0, 0.1) is 13.8 Å². The van der Waals surface area contributed by atoms with Crippen molar-refractivity contribution in [1.82, 2.24) is 5.43 Å². The highest BCUT2D eigenvalue weighted by Gasteiger charge is 2.15. The van der Waals surface area contributed by atoms with Gasteiger partial charge < -0.3 is 14.8 Å². The van der Waals surface area contributed by atoms with Crippen LogP contribution < -0.4 is 20.2 Å². The highest BCUT2D eigenvalue weighted by Crippen LogP contribution is 2.36. The van der Waals surface area contributed by atoms with Crippen LogP contribution in [-0.2, 0) is 16.0 Å². The molecule has 0 atom stereocenters. The summed E-state index contributed by atoms with van der Waals surface area (Å²) in [6.45, 7) is 6.04. The molecule has 7 nitrogen and oxygen atoms in total. The van der Waals surface area contributed by atoms with Gasteiger partial charge in [0.15, 0.2) is 18.1 Å². The summed E-state index contributed by atoms with van der Waals surface area (Å²) in [6, 6.07) is 16.8. The van der Waals surface area contributed by atoms with E-state index in [1.807, 2.05) is 63.2 Å². The normalized spacial score (nSPS) is 10.8. The van der Waals surface area contributed by atoms with Crippen molar-refractivity contribution in [1.29, 1.82) is 0 Å². The third-order valence-corrected chi connectivity index (χ3v) is 6.39. The number of aryl methyl sites for hydroxylation is 2. The predicted octanol–water partition coefficient (Wildman–Crippen LogP) is 5.94. The predicted molar refractivity (Wildman–Crippen MR) is 149 cm³/mol. The molecule has 3 aromatic rings. The molecule has 2 amide bonds. The van der Waals surface area contributed by atoms with Crippen molar-refractivity contribution in [2.45, 2.75) is 27.2 Å². The fourth-order valence-corrected chi connectivity index (χ4v) is 4.40. The van der Waals surface area contributed by atoms with Crippen LogP contribution in [0.4, 0.5) is 5.69 Å². The lowest BCUT2D eigenvalue weighted by atomic mass is 10.1. The first-order chi connectivity index (χ1) is 17.3. The number of amides is 2. The molecule has 0 fully saturated rings. The zero-order valence-electron chi connectivity index (χ0n) is 20.2. The Bertz CT molecular complexity index is 1260. The largest absolute Gasteiger partial charge is 0.490 e. The molecule has 188 valence electrons. The molecule has 3 rings (SSSR count). The molecule has 0 radical (unpaired) electrons. The number of ether oxygens (including phenoxy) is 2. The van der Waals surface area contributed by atoms with Crippen molar-refractivity contribution in [3.63, 3.8) is 0 Å². The van der Waals surface area contributed by atoms with E-state index in [4.69, 9.17) is 9.47 Å². The topological polar surface area (TPSA) is 89.0 Å². The van der Waals surface area contributed by atoms with E-state index in [2.05, 4.69) is 47.7 Å². The summed E-state index contributed by atoms with van der Waals surface area (Å²) in [6.07, 6.45) is 1.75. The highest BCUT2D eigenvalue weighted by atomic mass is 79.9. The van der Waals surface area contributed by atoms with Crippen LogP contribution in [0.1, 0.15) is 29.2 Å². The second kappa shape index (κ2) is 13.2. The molecule has 0 aliphatic heterocycles. The Hall–Kier alpha value is -3.17. The first-order valence-corrected chi connectivity index (χ1v) is 12.9. The number of anilines is 1. The number of hydrazone groups is 1. The minimum absolute atomic E-state index is 0.207. The van der Waals surface area contributed by atoms with E-state index >= 15 is 0 Å². The molecule has 9 heteroatoms. The molecule has 36 heavy (non-hydrogen) atoms. The number of benzene rings is 3. The average Bonchev–Trinajstić information content (AvgIpc) is 2.83. The van der Waals surface area contributed by atoms with Crippen molar-refractivity contribution in [3.8, 4) is 11.5 Å². The zero-order valence-corrected chi connectivity index (χ0v) is 23.4. The van der Waals surface area contributed by atoms with E-state index in [9.17, 15) is 9.59 Å². The minimum Gasteiger partial charge on any atom is -0.490 e. The smallest absolute Gasteiger partial charge is 0.262 e. The average molecular weight is 617 g/mol. The summed E-state index contributed by atoms with van der Waals surface area (Å²) in [5, 5.41) is 6.90. The van der Waals surface area contributed by atoms with Gasteiger partial charge in [-0.2, -0.15) is 5.10 Å². The molecule has 0 bridgehead atoms. The zero-order chi connectivity index (χ0) is 26.1. The Kier molecular flexibility index (Phi) is 10.1. The molecule has 0 unspecified atom stereocenters. The van der Waals surface area contributed by atoms with E-state index in [-0.39, 0.29) is 24.8 Å². The Morgan fingerprint density at radius 1 is 0.944 bits per heavy atom. The number of hydrogen-bond donors (Lipinski definition) is 2. The van der Waals surface area contributed by atoms with Crippen molar-refractivity contribution in [3.05, 3.63) is 85.8 Å². The van der Waals surface area contributed by atoms with Gasteiger partial charge in [0.25, 0.3) is 5.91 Å². The third kappa shape index (κ3) is 7.93. The van der Waals surface area contributed by atoms with E-state index < -0.39 is 0 Å². The maximum absolute atomic E-state index is 12.5. The van der Waals surface area contributed by atoms with Crippen LogP contribution in [0.2, 0.25) is 0 Å². The quantitative estimate of drug-likeness (QED) is 0.218. The Morgan fingerprint density at radius 3 is 2.39 bits per heavy atom. The standard InChI is InChI=1S/C27H27Br2N3O4/c1-4-35-24-13-20(15-30-32-25(33)14-19-8-6-5-7-9-19)12-22(29)27(24)36-16-26(34)31-23-11-18(3)17(2)10-21(23)28/h5-13,15H,4,14,16H2,1-3H3,(H,31,34)(H,32,33)/b30-15+. The van der Waals surface area contributed by atoms with Gasteiger partial charge >= 0.3 is 0 Å². The molecular weight excluding hydrogens is 590 g/mol. The molecule has 0 saturated carbocycles. The van der Waals surface area contributed by atoms with Crippen LogP contribution in [0.15, 0.2) is 68.6 Å². The van der Waals surface area contributed by atoms with Crippen LogP contribution >= 0.6 is 31.9 Å². The molecule has 0 aromatic heterocycles. The third-order valence-electron chi connectivity index (χ3n) is 5.15. The molecule has 0 heterocycles. The second-order valence-corrected chi connectivity index (χ2v) is 9.68. The summed E-state index contributed by atoms with van der Waals surface area (Å²) in [5.74, 6) is 0.323. The highest BCUT2D eigenvalue weighted by molar-refractivity contribution is 9.11. The Balaban J connectivity index is 1.64. The van der Waals surface area contributed by atoms with Crippen molar-refractivity contribution < 1.29 is 19.1 Å². The number of hydrogen-bond acceptors (Lipinski definition) is 5. The van der Waals surface area contributed by atoms with Gasteiger partial charge in [-0.15, -0.1) is 0 Å². The lowest BCUT2D eigenvalue weighted by Crippen LogP contribution is -2.21. The maximum atomic E-state index is 12.5. The van der Waals surface area contributed by atoms with Gasteiger partial charge in [-0.05, 0) is 99.2 Å². The Labute approximate surface area is 227 Å². The molecule has 0 aliphatic rings. The van der Waals surface area contributed by atoms with Crippen LogP contribution in [0.25, 0.3) is 0 Å². The second-order valence-electron chi connectivity index (χ2n) is 7.97. The van der Waals surface area contributed by atoms with Crippen molar-refractivity contribution in [2.75, 3.05) is 18.5 Å². The number of halogens is 2. The van der Waals surface area contributed by atoms with Gasteiger partial charge in [-0.3, -0.25) is 9.59 Å². The maximum Gasteiger partial charge on any atom is 0.262 e. The number of carbonyl (C=O) groups is 2. The van der Waals surface area contributed by atoms with Crippen LogP contribution in [0.3, 0.4) is 0 Å². The molecule has 0 saturated heterocycles. The summed E-state index contributed by atoms with van der Waals surface area (Å²) >= 11 is 6.97. The number of nitrogens with one attached hydrogen (secondary N) is 2. The van der Waals surface area contributed by atoms with Crippen LogP contribution in [-0.4, -0.2) is 31.2 Å². The fourth-order valence-electron chi connectivity index (χ4n) is 3.27. The molecule has 0 aliphatic carbocycles. The van der Waals surface area contributed by atoms with E-state index in [0.717, 1.165) is 21.2 Å². The monoisotopic (exact) mass is 615 g/mol. The van der Waals surface area contributed by atoms with Gasteiger partial charge in [-0.25, -0.2) is 5.43 Å². The molecular formula is C27H27Br2N3O4. The first kappa shape index (κ1) is 27.4. The van der Waals surface area contributed by atoms with Gasteiger partial charge in [0.05, 0.1) is 29.4 Å². The molecule has 2 N–H and O–H groups in total. The van der Waals surface area contributed by atoms with Crippen molar-refractivity contribution >= 4 is 55.6 Å². The summed E-state index contributed by atoms with van der Waals surface area (Å²) in [5.41, 5.74) is 6.99.